The second-order valence-electron chi connectivity index (χ2n) is 6.06. The van der Waals surface area contributed by atoms with E-state index < -0.39 is 0 Å². The van der Waals surface area contributed by atoms with E-state index in [0.29, 0.717) is 19.6 Å². The van der Waals surface area contributed by atoms with Crippen LogP contribution in [0.25, 0.3) is 0 Å². The van der Waals surface area contributed by atoms with Crippen LogP contribution in [-0.4, -0.2) is 24.5 Å². The molecule has 0 N–H and O–H groups in total. The maximum atomic E-state index is 12.0. The zero-order valence-electron chi connectivity index (χ0n) is 12.7. The van der Waals surface area contributed by atoms with E-state index in [1.54, 1.807) is 4.90 Å². The lowest BCUT2D eigenvalue weighted by Gasteiger charge is -2.23. The van der Waals surface area contributed by atoms with E-state index in [2.05, 4.69) is 20.8 Å². The third-order valence-corrected chi connectivity index (χ3v) is 2.76. The van der Waals surface area contributed by atoms with Crippen molar-refractivity contribution in [2.24, 2.45) is 5.41 Å². The molecule has 0 unspecified atom stereocenters. The standard InChI is InChI=1S/C16H25NO2/c1-6-19-14-9-7-13(8-10-14)12-17(5)15(18)11-16(2,3)4/h7-10H,6,11-12H2,1-5H3. The van der Waals surface area contributed by atoms with Crippen LogP contribution >= 0.6 is 0 Å². The summed E-state index contributed by atoms with van der Waals surface area (Å²) in [5, 5.41) is 0. The van der Waals surface area contributed by atoms with Crippen molar-refractivity contribution in [3.8, 4) is 5.75 Å². The molecule has 106 valence electrons. The monoisotopic (exact) mass is 263 g/mol. The Balaban J connectivity index is 2.56. The van der Waals surface area contributed by atoms with Gasteiger partial charge in [0.2, 0.25) is 5.91 Å². The van der Waals surface area contributed by atoms with Crippen molar-refractivity contribution in [2.75, 3.05) is 13.7 Å². The van der Waals surface area contributed by atoms with E-state index in [-0.39, 0.29) is 11.3 Å². The van der Waals surface area contributed by atoms with Gasteiger partial charge in [-0.2, -0.15) is 0 Å². The first-order valence-electron chi connectivity index (χ1n) is 6.77. The number of hydrogen-bond acceptors (Lipinski definition) is 2. The summed E-state index contributed by atoms with van der Waals surface area (Å²) in [4.78, 5) is 13.8. The quantitative estimate of drug-likeness (QED) is 0.814. The molecular weight excluding hydrogens is 238 g/mol. The van der Waals surface area contributed by atoms with Crippen LogP contribution in [0.2, 0.25) is 0 Å². The fraction of sp³-hybridized carbons (Fsp3) is 0.562. The molecule has 1 aromatic carbocycles. The maximum Gasteiger partial charge on any atom is 0.223 e. The number of ether oxygens (including phenoxy) is 1. The van der Waals surface area contributed by atoms with Crippen LogP contribution in [0.15, 0.2) is 24.3 Å². The highest BCUT2D eigenvalue weighted by Crippen LogP contribution is 2.20. The number of nitrogens with zero attached hydrogens (tertiary/aromatic N) is 1. The largest absolute Gasteiger partial charge is 0.494 e. The molecule has 0 spiro atoms. The van der Waals surface area contributed by atoms with Crippen LogP contribution in [0, 0.1) is 5.41 Å². The Morgan fingerprint density at radius 1 is 1.21 bits per heavy atom. The summed E-state index contributed by atoms with van der Waals surface area (Å²) in [6.45, 7) is 9.51. The minimum atomic E-state index is 0.0319. The van der Waals surface area contributed by atoms with Gasteiger partial charge in [-0.15, -0.1) is 0 Å². The molecule has 1 aromatic rings. The highest BCUT2D eigenvalue weighted by Gasteiger charge is 2.18. The molecule has 0 saturated carbocycles. The van der Waals surface area contributed by atoms with Crippen molar-refractivity contribution >= 4 is 5.91 Å². The zero-order chi connectivity index (χ0) is 14.5. The number of carbonyl (C=O) groups is 1. The maximum absolute atomic E-state index is 12.0. The Kier molecular flexibility index (Phi) is 5.40. The lowest BCUT2D eigenvalue weighted by molar-refractivity contribution is -0.132. The molecule has 1 rings (SSSR count). The summed E-state index contributed by atoms with van der Waals surface area (Å²) in [5.74, 6) is 1.05. The average Bonchev–Trinajstić information content (AvgIpc) is 2.29. The van der Waals surface area contributed by atoms with Crippen molar-refractivity contribution in [2.45, 2.75) is 40.7 Å². The second-order valence-corrected chi connectivity index (χ2v) is 6.06. The molecule has 0 aliphatic heterocycles. The second kappa shape index (κ2) is 6.60. The fourth-order valence-electron chi connectivity index (χ4n) is 1.81. The highest BCUT2D eigenvalue weighted by atomic mass is 16.5. The Labute approximate surface area is 116 Å². The Bertz CT molecular complexity index is 404. The van der Waals surface area contributed by atoms with Gasteiger partial charge in [0, 0.05) is 20.0 Å². The fourth-order valence-corrected chi connectivity index (χ4v) is 1.81. The van der Waals surface area contributed by atoms with Gasteiger partial charge < -0.3 is 9.64 Å². The van der Waals surface area contributed by atoms with Gasteiger partial charge >= 0.3 is 0 Å². The highest BCUT2D eigenvalue weighted by molar-refractivity contribution is 5.76. The normalized spacial score (nSPS) is 11.2. The van der Waals surface area contributed by atoms with Crippen molar-refractivity contribution in [1.29, 1.82) is 0 Å². The molecular formula is C16H25NO2. The smallest absolute Gasteiger partial charge is 0.223 e. The predicted molar refractivity (Wildman–Crippen MR) is 78.2 cm³/mol. The van der Waals surface area contributed by atoms with Crippen LogP contribution in [0.3, 0.4) is 0 Å². The molecule has 3 heteroatoms. The molecule has 0 radical (unpaired) electrons. The van der Waals surface area contributed by atoms with Gasteiger partial charge in [0.25, 0.3) is 0 Å². The molecule has 0 heterocycles. The summed E-state index contributed by atoms with van der Waals surface area (Å²) in [7, 11) is 1.85. The number of carbonyl (C=O) groups excluding carboxylic acids is 1. The Morgan fingerprint density at radius 2 is 1.79 bits per heavy atom. The molecule has 0 aliphatic carbocycles. The van der Waals surface area contributed by atoms with Crippen molar-refractivity contribution in [1.82, 2.24) is 4.90 Å². The molecule has 0 aliphatic rings. The number of amides is 1. The number of rotatable bonds is 5. The summed E-state index contributed by atoms with van der Waals surface area (Å²) < 4.78 is 5.40. The van der Waals surface area contributed by atoms with Crippen LogP contribution in [0.5, 0.6) is 5.75 Å². The van der Waals surface area contributed by atoms with Crippen molar-refractivity contribution < 1.29 is 9.53 Å². The Morgan fingerprint density at radius 3 is 2.26 bits per heavy atom. The summed E-state index contributed by atoms with van der Waals surface area (Å²) in [6, 6.07) is 7.90. The van der Waals surface area contributed by atoms with Gasteiger partial charge in [-0.1, -0.05) is 32.9 Å². The molecule has 0 saturated heterocycles. The van der Waals surface area contributed by atoms with Crippen molar-refractivity contribution in [3.05, 3.63) is 29.8 Å². The van der Waals surface area contributed by atoms with E-state index in [4.69, 9.17) is 4.74 Å². The SMILES string of the molecule is CCOc1ccc(CN(C)C(=O)CC(C)(C)C)cc1. The zero-order valence-corrected chi connectivity index (χ0v) is 12.7. The molecule has 1 amide bonds. The van der Waals surface area contributed by atoms with E-state index in [0.717, 1.165) is 11.3 Å². The molecule has 0 aromatic heterocycles. The van der Waals surface area contributed by atoms with E-state index in [1.807, 2.05) is 38.2 Å². The topological polar surface area (TPSA) is 29.5 Å². The average molecular weight is 263 g/mol. The summed E-state index contributed by atoms with van der Waals surface area (Å²) >= 11 is 0. The summed E-state index contributed by atoms with van der Waals surface area (Å²) in [6.07, 6.45) is 0.570. The lowest BCUT2D eigenvalue weighted by atomic mass is 9.91. The first kappa shape index (κ1) is 15.5. The first-order chi connectivity index (χ1) is 8.81. The molecule has 3 nitrogen and oxygen atoms in total. The molecule has 19 heavy (non-hydrogen) atoms. The lowest BCUT2D eigenvalue weighted by Crippen LogP contribution is -2.29. The van der Waals surface area contributed by atoms with Crippen molar-refractivity contribution in [3.63, 3.8) is 0 Å². The van der Waals surface area contributed by atoms with Gasteiger partial charge in [0.05, 0.1) is 6.61 Å². The van der Waals surface area contributed by atoms with Gasteiger partial charge in [-0.25, -0.2) is 0 Å². The van der Waals surface area contributed by atoms with E-state index in [9.17, 15) is 4.79 Å². The third-order valence-electron chi connectivity index (χ3n) is 2.76. The molecule has 0 fully saturated rings. The van der Waals surface area contributed by atoms with Gasteiger partial charge in [0.1, 0.15) is 5.75 Å². The molecule has 0 atom stereocenters. The van der Waals surface area contributed by atoms with Crippen LogP contribution in [0.1, 0.15) is 39.7 Å². The first-order valence-corrected chi connectivity index (χ1v) is 6.77. The predicted octanol–water partition coefficient (Wildman–Crippen LogP) is 3.48. The minimum Gasteiger partial charge on any atom is -0.494 e. The van der Waals surface area contributed by atoms with Crippen LogP contribution < -0.4 is 4.74 Å². The molecule has 0 bridgehead atoms. The van der Waals surface area contributed by atoms with E-state index in [1.165, 1.54) is 0 Å². The Hall–Kier alpha value is -1.51. The van der Waals surface area contributed by atoms with Gasteiger partial charge in [-0.05, 0) is 30.0 Å². The van der Waals surface area contributed by atoms with Crippen LogP contribution in [-0.2, 0) is 11.3 Å². The number of benzene rings is 1. The van der Waals surface area contributed by atoms with E-state index >= 15 is 0 Å². The third kappa shape index (κ3) is 5.77. The van der Waals surface area contributed by atoms with Gasteiger partial charge in [-0.3, -0.25) is 4.79 Å². The van der Waals surface area contributed by atoms with Gasteiger partial charge in [0.15, 0.2) is 0 Å². The minimum absolute atomic E-state index is 0.0319. The number of hydrogen-bond donors (Lipinski definition) is 0. The van der Waals surface area contributed by atoms with Crippen LogP contribution in [0.4, 0.5) is 0 Å². The summed E-state index contributed by atoms with van der Waals surface area (Å²) in [5.41, 5.74) is 1.15.